The van der Waals surface area contributed by atoms with Crippen LogP contribution in [0.2, 0.25) is 0 Å². The maximum atomic E-state index is 5.94. The Morgan fingerprint density at radius 3 is 2.10 bits per heavy atom. The minimum atomic E-state index is -0.0574. The smallest absolute Gasteiger partial charge is 0.222 e. The summed E-state index contributed by atoms with van der Waals surface area (Å²) < 4.78 is 5.94. The molecule has 3 aromatic rings. The number of likely N-dealkylation sites (tertiary alicyclic amines) is 1. The number of rotatable bonds is 7. The van der Waals surface area contributed by atoms with Gasteiger partial charge in [0, 0.05) is 36.5 Å². The molecule has 0 spiro atoms. The average molecular weight is 403 g/mol. The second kappa shape index (κ2) is 8.44. The predicted molar refractivity (Wildman–Crippen MR) is 121 cm³/mol. The molecule has 2 heterocycles. The number of aryl methyl sites for hydroxylation is 1. The summed E-state index contributed by atoms with van der Waals surface area (Å²) in [4.78, 5) is 11.1. The molecule has 1 aromatic heterocycles. The van der Waals surface area contributed by atoms with Crippen molar-refractivity contribution in [3.05, 3.63) is 83.2 Å². The summed E-state index contributed by atoms with van der Waals surface area (Å²) in [7, 11) is 2.11. The van der Waals surface area contributed by atoms with Gasteiger partial charge >= 0.3 is 0 Å². The molecule has 0 amide bonds. The summed E-state index contributed by atoms with van der Waals surface area (Å²) in [5.74, 6) is 1.53. The molecule has 156 valence electrons. The summed E-state index contributed by atoms with van der Waals surface area (Å²) in [5, 5.41) is 3.34. The molecular weight excluding hydrogens is 372 g/mol. The molecule has 0 unspecified atom stereocenters. The molecule has 5 nitrogen and oxygen atoms in total. The van der Waals surface area contributed by atoms with Crippen molar-refractivity contribution in [3.8, 4) is 5.75 Å². The Hall–Kier alpha value is -2.92. The van der Waals surface area contributed by atoms with Gasteiger partial charge < -0.3 is 15.0 Å². The molecular formula is C25H30N4O. The molecule has 1 aliphatic rings. The van der Waals surface area contributed by atoms with Crippen LogP contribution < -0.4 is 10.1 Å². The molecule has 4 rings (SSSR count). The van der Waals surface area contributed by atoms with Crippen LogP contribution in [0, 0.1) is 6.92 Å². The van der Waals surface area contributed by atoms with Crippen molar-refractivity contribution in [2.45, 2.75) is 38.8 Å². The van der Waals surface area contributed by atoms with E-state index in [1.165, 1.54) is 16.7 Å². The Morgan fingerprint density at radius 1 is 0.967 bits per heavy atom. The highest BCUT2D eigenvalue weighted by molar-refractivity contribution is 5.40. The molecule has 1 saturated heterocycles. The Morgan fingerprint density at radius 2 is 1.53 bits per heavy atom. The molecule has 0 atom stereocenters. The average Bonchev–Trinajstić information content (AvgIpc) is 2.73. The van der Waals surface area contributed by atoms with Crippen LogP contribution >= 0.6 is 0 Å². The normalized spacial score (nSPS) is 14.9. The fourth-order valence-electron chi connectivity index (χ4n) is 3.75. The molecule has 1 aliphatic heterocycles. The first-order valence-electron chi connectivity index (χ1n) is 10.5. The highest BCUT2D eigenvalue weighted by Gasteiger charge is 2.24. The third-order valence-electron chi connectivity index (χ3n) is 5.86. The van der Waals surface area contributed by atoms with Crippen molar-refractivity contribution >= 4 is 5.95 Å². The number of aromatic nitrogens is 2. The van der Waals surface area contributed by atoms with Crippen LogP contribution in [-0.2, 0) is 12.0 Å². The minimum Gasteiger partial charge on any atom is -0.489 e. The van der Waals surface area contributed by atoms with Crippen molar-refractivity contribution in [1.82, 2.24) is 14.9 Å². The molecule has 0 saturated carbocycles. The Bertz CT molecular complexity index is 960. The molecule has 30 heavy (non-hydrogen) atoms. The van der Waals surface area contributed by atoms with Crippen LogP contribution in [0.5, 0.6) is 5.75 Å². The highest BCUT2D eigenvalue weighted by atomic mass is 16.5. The van der Waals surface area contributed by atoms with Gasteiger partial charge in [-0.05, 0) is 37.2 Å². The van der Waals surface area contributed by atoms with Gasteiger partial charge in [-0.25, -0.2) is 9.97 Å². The number of likely N-dealkylation sites (N-methyl/N-ethyl adjacent to an activating group) is 1. The largest absolute Gasteiger partial charge is 0.489 e. The van der Waals surface area contributed by atoms with Crippen LogP contribution in [0.15, 0.2) is 60.9 Å². The van der Waals surface area contributed by atoms with Crippen molar-refractivity contribution in [2.75, 3.05) is 25.5 Å². The van der Waals surface area contributed by atoms with E-state index in [-0.39, 0.29) is 5.41 Å². The van der Waals surface area contributed by atoms with Crippen LogP contribution in [0.1, 0.15) is 36.1 Å². The van der Waals surface area contributed by atoms with Crippen molar-refractivity contribution in [1.29, 1.82) is 0 Å². The van der Waals surface area contributed by atoms with Crippen LogP contribution in [-0.4, -0.2) is 41.0 Å². The van der Waals surface area contributed by atoms with Gasteiger partial charge in [0.15, 0.2) is 0 Å². The van der Waals surface area contributed by atoms with Gasteiger partial charge in [0.05, 0.1) is 6.04 Å². The molecule has 1 fully saturated rings. The quantitative estimate of drug-likeness (QED) is 0.634. The lowest BCUT2D eigenvalue weighted by Gasteiger charge is -2.36. The number of nitrogens with zero attached hydrogens (tertiary/aromatic N) is 3. The predicted octanol–water partition coefficient (Wildman–Crippen LogP) is 4.42. The maximum Gasteiger partial charge on any atom is 0.222 e. The Kier molecular flexibility index (Phi) is 5.73. The van der Waals surface area contributed by atoms with Crippen LogP contribution in [0.25, 0.3) is 0 Å². The molecule has 0 radical (unpaired) electrons. The van der Waals surface area contributed by atoms with Crippen molar-refractivity contribution < 1.29 is 4.74 Å². The monoisotopic (exact) mass is 402 g/mol. The maximum absolute atomic E-state index is 5.94. The topological polar surface area (TPSA) is 50.3 Å². The summed E-state index contributed by atoms with van der Waals surface area (Å²) in [6, 6.07) is 17.6. The molecule has 1 N–H and O–H groups in total. The lowest BCUT2D eigenvalue weighted by atomic mass is 9.78. The van der Waals surface area contributed by atoms with E-state index >= 15 is 0 Å². The number of nitrogens with one attached hydrogen (secondary N) is 1. The van der Waals surface area contributed by atoms with E-state index in [0.29, 0.717) is 18.6 Å². The first-order valence-corrected chi connectivity index (χ1v) is 10.5. The fourth-order valence-corrected chi connectivity index (χ4v) is 3.75. The second-order valence-electron chi connectivity index (χ2n) is 8.78. The van der Waals surface area contributed by atoms with Gasteiger partial charge in [-0.2, -0.15) is 0 Å². The number of hydrogen-bond acceptors (Lipinski definition) is 5. The Labute approximate surface area is 179 Å². The zero-order valence-electron chi connectivity index (χ0n) is 18.2. The number of anilines is 1. The van der Waals surface area contributed by atoms with E-state index in [0.717, 1.165) is 24.4 Å². The van der Waals surface area contributed by atoms with Crippen molar-refractivity contribution in [3.63, 3.8) is 0 Å². The molecule has 0 aliphatic carbocycles. The fraction of sp³-hybridized carbons (Fsp3) is 0.360. The summed E-state index contributed by atoms with van der Waals surface area (Å²) >= 11 is 0. The van der Waals surface area contributed by atoms with Gasteiger partial charge in [0.1, 0.15) is 12.4 Å². The van der Waals surface area contributed by atoms with Crippen LogP contribution in [0.3, 0.4) is 0 Å². The summed E-state index contributed by atoms with van der Waals surface area (Å²) in [6.45, 7) is 9.14. The first kappa shape index (κ1) is 20.4. The van der Waals surface area contributed by atoms with Gasteiger partial charge in [-0.1, -0.05) is 55.8 Å². The lowest BCUT2D eigenvalue weighted by molar-refractivity contribution is 0.204. The van der Waals surface area contributed by atoms with E-state index in [1.807, 2.05) is 24.5 Å². The molecule has 0 bridgehead atoms. The summed E-state index contributed by atoms with van der Waals surface area (Å²) in [5.41, 5.74) is 4.75. The Balaban J connectivity index is 1.34. The molecule has 2 aromatic carbocycles. The molecule has 5 heteroatoms. The van der Waals surface area contributed by atoms with E-state index < -0.39 is 0 Å². The number of ether oxygens (including phenoxy) is 1. The first-order chi connectivity index (χ1) is 14.4. The third-order valence-corrected chi connectivity index (χ3v) is 5.86. The minimum absolute atomic E-state index is 0.0574. The van der Waals surface area contributed by atoms with E-state index in [2.05, 4.69) is 84.4 Å². The van der Waals surface area contributed by atoms with Gasteiger partial charge in [-0.3, -0.25) is 0 Å². The number of hydrogen-bond donors (Lipinski definition) is 1. The van der Waals surface area contributed by atoms with E-state index in [4.69, 9.17) is 4.74 Å². The SMILES string of the molecule is Cc1ccc(C(C)(C)c2ccc(OCc3cnc(NC4CN(C)C4)nc3)cc2)cc1. The zero-order valence-corrected chi connectivity index (χ0v) is 18.2. The van der Waals surface area contributed by atoms with Crippen LogP contribution in [0.4, 0.5) is 5.95 Å². The second-order valence-corrected chi connectivity index (χ2v) is 8.78. The van der Waals surface area contributed by atoms with E-state index in [9.17, 15) is 0 Å². The van der Waals surface area contributed by atoms with Gasteiger partial charge in [0.25, 0.3) is 0 Å². The summed E-state index contributed by atoms with van der Waals surface area (Å²) in [6.07, 6.45) is 3.65. The lowest BCUT2D eigenvalue weighted by Crippen LogP contribution is -2.52. The highest BCUT2D eigenvalue weighted by Crippen LogP contribution is 2.32. The zero-order chi connectivity index (χ0) is 21.1. The van der Waals surface area contributed by atoms with Gasteiger partial charge in [-0.15, -0.1) is 0 Å². The van der Waals surface area contributed by atoms with Crippen molar-refractivity contribution in [2.24, 2.45) is 0 Å². The van der Waals surface area contributed by atoms with Gasteiger partial charge in [0.2, 0.25) is 5.95 Å². The van der Waals surface area contributed by atoms with E-state index in [1.54, 1.807) is 0 Å². The number of benzene rings is 2. The third kappa shape index (κ3) is 4.62. The standard InChI is InChI=1S/C25H30N4O/c1-18-5-7-20(8-6-18)25(2,3)21-9-11-23(12-10-21)30-17-19-13-26-24(27-14-19)28-22-15-29(4)16-22/h5-14,22H,15-17H2,1-4H3,(H,26,27,28).